The standard InChI is InChI=1S/C18H20O5/c1-23-18-5-4-12(8-17(18)22)2-3-13-6-14(9-19)16(11-21)15(7-13)10-20/h2-8,19-22H,9-11H2,1H3/b3-2-. The fourth-order valence-electron chi connectivity index (χ4n) is 2.41. The monoisotopic (exact) mass is 316 g/mol. The second-order valence-corrected chi connectivity index (χ2v) is 5.06. The first-order valence-electron chi connectivity index (χ1n) is 7.15. The van der Waals surface area contributed by atoms with Gasteiger partial charge in [-0.25, -0.2) is 0 Å². The smallest absolute Gasteiger partial charge is 0.160 e. The van der Waals surface area contributed by atoms with E-state index in [1.165, 1.54) is 7.11 Å². The van der Waals surface area contributed by atoms with Crippen LogP contribution in [-0.2, 0) is 19.8 Å². The van der Waals surface area contributed by atoms with Crippen LogP contribution in [0.5, 0.6) is 11.5 Å². The third kappa shape index (κ3) is 3.90. The summed E-state index contributed by atoms with van der Waals surface area (Å²) < 4.78 is 5.00. The van der Waals surface area contributed by atoms with Gasteiger partial charge in [0.1, 0.15) is 0 Å². The summed E-state index contributed by atoms with van der Waals surface area (Å²) in [4.78, 5) is 0. The van der Waals surface area contributed by atoms with E-state index in [2.05, 4.69) is 0 Å². The molecule has 5 nitrogen and oxygen atoms in total. The first-order chi connectivity index (χ1) is 11.1. The number of hydrogen-bond acceptors (Lipinski definition) is 5. The van der Waals surface area contributed by atoms with Crippen molar-refractivity contribution in [3.8, 4) is 11.5 Å². The van der Waals surface area contributed by atoms with Gasteiger partial charge in [0.25, 0.3) is 0 Å². The van der Waals surface area contributed by atoms with Crippen molar-refractivity contribution in [2.24, 2.45) is 0 Å². The third-order valence-electron chi connectivity index (χ3n) is 3.63. The van der Waals surface area contributed by atoms with Crippen LogP contribution in [0, 0.1) is 0 Å². The van der Waals surface area contributed by atoms with E-state index in [0.717, 1.165) is 11.1 Å². The molecule has 0 saturated heterocycles. The van der Waals surface area contributed by atoms with E-state index in [-0.39, 0.29) is 25.6 Å². The number of rotatable bonds is 6. The minimum absolute atomic E-state index is 0.0531. The van der Waals surface area contributed by atoms with Gasteiger partial charge in [-0.05, 0) is 52.1 Å². The number of phenols is 1. The average molecular weight is 316 g/mol. The van der Waals surface area contributed by atoms with Crippen molar-refractivity contribution in [3.63, 3.8) is 0 Å². The van der Waals surface area contributed by atoms with E-state index in [1.54, 1.807) is 42.5 Å². The van der Waals surface area contributed by atoms with Crippen molar-refractivity contribution < 1.29 is 25.2 Å². The molecule has 0 fully saturated rings. The second-order valence-electron chi connectivity index (χ2n) is 5.06. The molecule has 0 aromatic heterocycles. The fourth-order valence-corrected chi connectivity index (χ4v) is 2.41. The molecule has 0 bridgehead atoms. The van der Waals surface area contributed by atoms with Crippen LogP contribution in [0.1, 0.15) is 27.8 Å². The molecule has 0 aliphatic rings. The Bertz CT molecular complexity index is 682. The molecule has 2 rings (SSSR count). The largest absolute Gasteiger partial charge is 0.504 e. The molecule has 0 spiro atoms. The van der Waals surface area contributed by atoms with Crippen LogP contribution in [0.3, 0.4) is 0 Å². The topological polar surface area (TPSA) is 90.2 Å². The fraction of sp³-hybridized carbons (Fsp3) is 0.222. The van der Waals surface area contributed by atoms with Crippen LogP contribution in [0.2, 0.25) is 0 Å². The van der Waals surface area contributed by atoms with Gasteiger partial charge in [0.2, 0.25) is 0 Å². The molecule has 0 saturated carbocycles. The van der Waals surface area contributed by atoms with Crippen LogP contribution in [0.25, 0.3) is 12.2 Å². The molecule has 5 heteroatoms. The molecule has 0 atom stereocenters. The molecule has 0 aliphatic heterocycles. The Morgan fingerprint density at radius 3 is 1.96 bits per heavy atom. The molecule has 0 aliphatic carbocycles. The summed E-state index contributed by atoms with van der Waals surface area (Å²) >= 11 is 0. The number of methoxy groups -OCH3 is 1. The first kappa shape index (κ1) is 17.0. The molecule has 23 heavy (non-hydrogen) atoms. The van der Waals surface area contributed by atoms with E-state index in [9.17, 15) is 20.4 Å². The Labute approximate surface area is 134 Å². The molecular formula is C18H20O5. The van der Waals surface area contributed by atoms with Gasteiger partial charge in [-0.2, -0.15) is 0 Å². The zero-order chi connectivity index (χ0) is 16.8. The Hall–Kier alpha value is -2.34. The number of aromatic hydroxyl groups is 1. The Morgan fingerprint density at radius 1 is 0.870 bits per heavy atom. The maximum Gasteiger partial charge on any atom is 0.160 e. The highest BCUT2D eigenvalue weighted by atomic mass is 16.5. The van der Waals surface area contributed by atoms with Crippen LogP contribution >= 0.6 is 0 Å². The lowest BCUT2D eigenvalue weighted by Gasteiger charge is -2.11. The van der Waals surface area contributed by atoms with E-state index >= 15 is 0 Å². The van der Waals surface area contributed by atoms with E-state index < -0.39 is 0 Å². The van der Waals surface area contributed by atoms with Gasteiger partial charge in [0.15, 0.2) is 11.5 Å². The summed E-state index contributed by atoms with van der Waals surface area (Å²) in [6.07, 6.45) is 3.61. The predicted molar refractivity (Wildman–Crippen MR) is 87.8 cm³/mol. The molecular weight excluding hydrogens is 296 g/mol. The Morgan fingerprint density at radius 2 is 1.48 bits per heavy atom. The summed E-state index contributed by atoms with van der Waals surface area (Å²) in [6, 6.07) is 8.56. The van der Waals surface area contributed by atoms with E-state index in [1.807, 2.05) is 0 Å². The van der Waals surface area contributed by atoms with Crippen LogP contribution in [0.4, 0.5) is 0 Å². The zero-order valence-corrected chi connectivity index (χ0v) is 12.9. The molecule has 0 heterocycles. The van der Waals surface area contributed by atoms with Crippen LogP contribution in [-0.4, -0.2) is 27.5 Å². The Kier molecular flexibility index (Phi) is 5.76. The van der Waals surface area contributed by atoms with Crippen molar-refractivity contribution in [1.29, 1.82) is 0 Å². The van der Waals surface area contributed by atoms with Crippen molar-refractivity contribution >= 4 is 12.2 Å². The quantitative estimate of drug-likeness (QED) is 0.612. The van der Waals surface area contributed by atoms with Gasteiger partial charge in [-0.3, -0.25) is 0 Å². The predicted octanol–water partition coefficient (Wildman–Crippen LogP) is 2.05. The van der Waals surface area contributed by atoms with Gasteiger partial charge in [-0.1, -0.05) is 18.2 Å². The molecule has 0 amide bonds. The van der Waals surface area contributed by atoms with Gasteiger partial charge in [0, 0.05) is 0 Å². The van der Waals surface area contributed by atoms with Crippen LogP contribution in [0.15, 0.2) is 30.3 Å². The maximum atomic E-state index is 9.77. The average Bonchev–Trinajstić information content (AvgIpc) is 2.58. The number of benzene rings is 2. The van der Waals surface area contributed by atoms with Crippen molar-refractivity contribution in [2.45, 2.75) is 19.8 Å². The highest BCUT2D eigenvalue weighted by molar-refractivity contribution is 5.71. The van der Waals surface area contributed by atoms with Crippen molar-refractivity contribution in [2.75, 3.05) is 7.11 Å². The molecule has 122 valence electrons. The van der Waals surface area contributed by atoms with Gasteiger partial charge >= 0.3 is 0 Å². The summed E-state index contributed by atoms with van der Waals surface area (Å²) in [7, 11) is 1.49. The number of aliphatic hydroxyl groups excluding tert-OH is 3. The third-order valence-corrected chi connectivity index (χ3v) is 3.63. The maximum absolute atomic E-state index is 9.77. The normalized spacial score (nSPS) is 11.1. The summed E-state index contributed by atoms with van der Waals surface area (Å²) in [6.45, 7) is -0.663. The summed E-state index contributed by atoms with van der Waals surface area (Å²) in [5, 5.41) is 37.9. The Balaban J connectivity index is 2.34. The van der Waals surface area contributed by atoms with Gasteiger partial charge < -0.3 is 25.2 Å². The number of aliphatic hydroxyl groups is 3. The lowest BCUT2D eigenvalue weighted by Crippen LogP contribution is -2.01. The van der Waals surface area contributed by atoms with Crippen molar-refractivity contribution in [1.82, 2.24) is 0 Å². The summed E-state index contributed by atoms with van der Waals surface area (Å²) in [5.74, 6) is 0.456. The van der Waals surface area contributed by atoms with Crippen LogP contribution < -0.4 is 4.74 Å². The number of phenolic OH excluding ortho intramolecular Hbond substituents is 1. The minimum atomic E-state index is -0.234. The first-order valence-corrected chi connectivity index (χ1v) is 7.15. The number of hydrogen-bond donors (Lipinski definition) is 4. The van der Waals surface area contributed by atoms with Crippen molar-refractivity contribution in [3.05, 3.63) is 58.1 Å². The van der Waals surface area contributed by atoms with Gasteiger partial charge in [0.05, 0.1) is 26.9 Å². The lowest BCUT2D eigenvalue weighted by molar-refractivity contribution is 0.247. The van der Waals surface area contributed by atoms with E-state index in [4.69, 9.17) is 4.74 Å². The SMILES string of the molecule is COc1ccc(/C=C\c2cc(CO)c(CO)c(CO)c2)cc1O. The molecule has 0 radical (unpaired) electrons. The minimum Gasteiger partial charge on any atom is -0.504 e. The van der Waals surface area contributed by atoms with E-state index in [0.29, 0.717) is 22.4 Å². The molecule has 4 N–H and O–H groups in total. The molecule has 2 aromatic rings. The van der Waals surface area contributed by atoms with Gasteiger partial charge in [-0.15, -0.1) is 0 Å². The zero-order valence-electron chi connectivity index (χ0n) is 12.9. The second kappa shape index (κ2) is 7.78. The lowest BCUT2D eigenvalue weighted by atomic mass is 9.98. The highest BCUT2D eigenvalue weighted by Gasteiger charge is 2.08. The number of ether oxygens (including phenoxy) is 1. The highest BCUT2D eigenvalue weighted by Crippen LogP contribution is 2.27. The molecule has 2 aromatic carbocycles. The summed E-state index contributed by atoms with van der Waals surface area (Å²) in [5.41, 5.74) is 3.28. The molecule has 0 unspecified atom stereocenters.